The lowest BCUT2D eigenvalue weighted by Crippen LogP contribution is -2.37. The Hall–Kier alpha value is -2.78. The van der Waals surface area contributed by atoms with Crippen molar-refractivity contribution >= 4 is 11.6 Å². The number of rotatable bonds is 8. The van der Waals surface area contributed by atoms with Gasteiger partial charge >= 0.3 is 0 Å². The van der Waals surface area contributed by atoms with Gasteiger partial charge < -0.3 is 24.8 Å². The predicted octanol–water partition coefficient (Wildman–Crippen LogP) is 1.90. The first-order valence-corrected chi connectivity index (χ1v) is 8.89. The molecule has 27 heavy (non-hydrogen) atoms. The number of anilines is 1. The van der Waals surface area contributed by atoms with Crippen molar-refractivity contribution in [1.82, 2.24) is 15.3 Å². The maximum absolute atomic E-state index is 9.31. The minimum atomic E-state index is 0.197. The van der Waals surface area contributed by atoms with Crippen molar-refractivity contribution in [2.75, 3.05) is 51.4 Å². The summed E-state index contributed by atoms with van der Waals surface area (Å²) in [4.78, 5) is 11.2. The lowest BCUT2D eigenvalue weighted by atomic mass is 10.3. The topological polar surface area (TPSA) is 104 Å². The highest BCUT2D eigenvalue weighted by Crippen LogP contribution is 2.20. The highest BCUT2D eigenvalue weighted by molar-refractivity contribution is 5.40. The number of likely N-dealkylation sites (N-methyl/N-ethyl adjacent to an activating group) is 1. The lowest BCUT2D eigenvalue weighted by Gasteiger charge is -2.27. The maximum atomic E-state index is 9.31. The molecule has 2 N–H and O–H groups in total. The Labute approximate surface area is 158 Å². The summed E-state index contributed by atoms with van der Waals surface area (Å²) in [7, 11) is 1.87. The van der Waals surface area contributed by atoms with Gasteiger partial charge in [-0.2, -0.15) is 15.2 Å². The number of hydrogen-bond acceptors (Lipinski definition) is 9. The van der Waals surface area contributed by atoms with Crippen LogP contribution >= 0.6 is 0 Å². The maximum Gasteiger partial charge on any atom is 0.229 e. The van der Waals surface area contributed by atoms with Crippen molar-refractivity contribution in [3.8, 4) is 11.6 Å². The van der Waals surface area contributed by atoms with E-state index in [4.69, 9.17) is 9.47 Å². The first-order valence-electron chi connectivity index (χ1n) is 8.89. The van der Waals surface area contributed by atoms with Crippen LogP contribution in [0.2, 0.25) is 0 Å². The van der Waals surface area contributed by atoms with Crippen molar-refractivity contribution in [2.45, 2.75) is 6.54 Å². The van der Waals surface area contributed by atoms with E-state index in [0.29, 0.717) is 43.9 Å². The normalized spacial score (nSPS) is 14.6. The molecule has 9 nitrogen and oxygen atoms in total. The number of ether oxygens (including phenoxy) is 2. The van der Waals surface area contributed by atoms with Gasteiger partial charge in [-0.05, 0) is 31.3 Å². The molecule has 1 aliphatic heterocycles. The molecule has 0 radical (unpaired) electrons. The molecule has 1 fully saturated rings. The van der Waals surface area contributed by atoms with Gasteiger partial charge in [0.25, 0.3) is 0 Å². The number of morpholine rings is 1. The number of aromatic nitrogens is 2. The van der Waals surface area contributed by atoms with Gasteiger partial charge in [-0.15, -0.1) is 0 Å². The molecule has 0 bridgehead atoms. The van der Waals surface area contributed by atoms with Gasteiger partial charge in [-0.25, -0.2) is 4.98 Å². The zero-order chi connectivity index (χ0) is 18.9. The van der Waals surface area contributed by atoms with E-state index < -0.39 is 0 Å². The van der Waals surface area contributed by atoms with Crippen molar-refractivity contribution in [2.24, 2.45) is 10.2 Å². The number of nitrogens with one attached hydrogen (secondary N) is 1. The molecular weight excluding hydrogens is 348 g/mol. The van der Waals surface area contributed by atoms with E-state index >= 15 is 0 Å². The fraction of sp³-hybridized carbons (Fsp3) is 0.444. The van der Waals surface area contributed by atoms with E-state index in [9.17, 15) is 5.11 Å². The molecule has 0 spiro atoms. The third-order valence-electron chi connectivity index (χ3n) is 3.91. The Kier molecular flexibility index (Phi) is 6.89. The van der Waals surface area contributed by atoms with Gasteiger partial charge in [-0.3, -0.25) is 0 Å². The zero-order valence-corrected chi connectivity index (χ0v) is 15.3. The van der Waals surface area contributed by atoms with Crippen LogP contribution in [0.25, 0.3) is 0 Å². The molecule has 2 heterocycles. The van der Waals surface area contributed by atoms with Crippen molar-refractivity contribution in [1.29, 1.82) is 0 Å². The van der Waals surface area contributed by atoms with Crippen LogP contribution in [0.1, 0.15) is 5.69 Å². The Bertz CT molecular complexity index is 747. The van der Waals surface area contributed by atoms with Gasteiger partial charge in [-0.1, -0.05) is 0 Å². The van der Waals surface area contributed by atoms with E-state index in [-0.39, 0.29) is 5.75 Å². The highest BCUT2D eigenvalue weighted by atomic mass is 16.5. The van der Waals surface area contributed by atoms with Crippen molar-refractivity contribution in [3.05, 3.63) is 36.0 Å². The fourth-order valence-corrected chi connectivity index (χ4v) is 2.49. The minimum absolute atomic E-state index is 0.197. The van der Waals surface area contributed by atoms with Gasteiger partial charge in [0.15, 0.2) is 0 Å². The standard InChI is InChI=1S/C18H24N6O3/c1-19-6-9-27-17-12-15(13-20-23-14-2-4-16(25)5-3-14)21-18(22-17)24-7-10-26-11-8-24/h2-5,12,19,25H,6-11,13H2,1H3. The van der Waals surface area contributed by atoms with E-state index in [1.54, 1.807) is 30.3 Å². The van der Waals surface area contributed by atoms with Crippen LogP contribution in [0.5, 0.6) is 11.6 Å². The van der Waals surface area contributed by atoms with E-state index in [1.165, 1.54) is 0 Å². The Balaban J connectivity index is 1.73. The fourth-order valence-electron chi connectivity index (χ4n) is 2.49. The van der Waals surface area contributed by atoms with Crippen LogP contribution in [0.4, 0.5) is 11.6 Å². The van der Waals surface area contributed by atoms with E-state index in [1.807, 2.05) is 7.05 Å². The number of nitrogens with zero attached hydrogens (tertiary/aromatic N) is 5. The quantitative estimate of drug-likeness (QED) is 0.539. The lowest BCUT2D eigenvalue weighted by molar-refractivity contribution is 0.122. The first-order chi connectivity index (χ1) is 13.2. The van der Waals surface area contributed by atoms with E-state index in [0.717, 1.165) is 25.3 Å². The van der Waals surface area contributed by atoms with Gasteiger partial charge in [0.2, 0.25) is 11.8 Å². The molecule has 1 aromatic heterocycles. The summed E-state index contributed by atoms with van der Waals surface area (Å²) in [5, 5.41) is 20.7. The summed E-state index contributed by atoms with van der Waals surface area (Å²) in [5.41, 5.74) is 1.40. The van der Waals surface area contributed by atoms with Crippen molar-refractivity contribution in [3.63, 3.8) is 0 Å². The monoisotopic (exact) mass is 372 g/mol. The Morgan fingerprint density at radius 3 is 2.74 bits per heavy atom. The summed E-state index contributed by atoms with van der Waals surface area (Å²) in [5.74, 6) is 1.34. The molecule has 0 atom stereocenters. The van der Waals surface area contributed by atoms with E-state index in [2.05, 4.69) is 30.4 Å². The van der Waals surface area contributed by atoms with Crippen molar-refractivity contribution < 1.29 is 14.6 Å². The molecule has 144 valence electrons. The van der Waals surface area contributed by atoms with Gasteiger partial charge in [0.05, 0.1) is 24.6 Å². The van der Waals surface area contributed by atoms with Crippen LogP contribution in [-0.2, 0) is 11.3 Å². The predicted molar refractivity (Wildman–Crippen MR) is 101 cm³/mol. The van der Waals surface area contributed by atoms with Crippen LogP contribution < -0.4 is 15.0 Å². The average Bonchev–Trinajstić information content (AvgIpc) is 2.70. The second-order valence-electron chi connectivity index (χ2n) is 5.96. The number of phenolic OH excluding ortho intramolecular Hbond substituents is 1. The second kappa shape index (κ2) is 9.79. The van der Waals surface area contributed by atoms with Crippen LogP contribution in [0.3, 0.4) is 0 Å². The molecule has 3 rings (SSSR count). The number of hydrogen-bond donors (Lipinski definition) is 2. The smallest absolute Gasteiger partial charge is 0.229 e. The Morgan fingerprint density at radius 2 is 2.00 bits per heavy atom. The summed E-state index contributed by atoms with van der Waals surface area (Å²) >= 11 is 0. The number of aromatic hydroxyl groups is 1. The molecule has 2 aromatic rings. The summed E-state index contributed by atoms with van der Waals surface area (Å²) in [6.45, 7) is 4.36. The molecule has 0 unspecified atom stereocenters. The molecule has 0 saturated carbocycles. The molecule has 1 aromatic carbocycles. The summed E-state index contributed by atoms with van der Waals surface area (Å²) in [6.07, 6.45) is 0. The molecule has 0 amide bonds. The van der Waals surface area contributed by atoms with Crippen LogP contribution in [0, 0.1) is 0 Å². The highest BCUT2D eigenvalue weighted by Gasteiger charge is 2.16. The third kappa shape index (κ3) is 5.87. The Morgan fingerprint density at radius 1 is 1.22 bits per heavy atom. The molecular formula is C18H24N6O3. The van der Waals surface area contributed by atoms with Crippen LogP contribution in [-0.4, -0.2) is 61.6 Å². The number of benzene rings is 1. The number of azo groups is 1. The molecule has 0 aliphatic carbocycles. The molecule has 1 saturated heterocycles. The average molecular weight is 372 g/mol. The molecule has 9 heteroatoms. The SMILES string of the molecule is CNCCOc1cc(CN=Nc2ccc(O)cc2)nc(N2CCOCC2)n1. The zero-order valence-electron chi connectivity index (χ0n) is 15.3. The number of phenols is 1. The second-order valence-corrected chi connectivity index (χ2v) is 5.96. The van der Waals surface area contributed by atoms with Gasteiger partial charge in [0.1, 0.15) is 18.9 Å². The minimum Gasteiger partial charge on any atom is -0.508 e. The summed E-state index contributed by atoms with van der Waals surface area (Å²) < 4.78 is 11.1. The van der Waals surface area contributed by atoms with Crippen LogP contribution in [0.15, 0.2) is 40.6 Å². The van der Waals surface area contributed by atoms with Gasteiger partial charge in [0, 0.05) is 25.7 Å². The largest absolute Gasteiger partial charge is 0.508 e. The third-order valence-corrected chi connectivity index (χ3v) is 3.91. The first kappa shape index (κ1) is 19.0. The molecule has 1 aliphatic rings. The summed E-state index contributed by atoms with van der Waals surface area (Å²) in [6, 6.07) is 8.33.